The first-order chi connectivity index (χ1) is 7.29. The number of nitrogens with zero attached hydrogens (tertiary/aromatic N) is 1. The van der Waals surface area contributed by atoms with Crippen molar-refractivity contribution in [3.8, 4) is 0 Å². The van der Waals surface area contributed by atoms with Crippen LogP contribution in [0.25, 0.3) is 0 Å². The predicted molar refractivity (Wildman–Crippen MR) is 64.1 cm³/mol. The van der Waals surface area contributed by atoms with Gasteiger partial charge in [0.2, 0.25) is 0 Å². The molecule has 0 aromatic heterocycles. The van der Waals surface area contributed by atoms with Gasteiger partial charge in [0.15, 0.2) is 5.11 Å². The minimum Gasteiger partial charge on any atom is -0.383 e. The molecule has 0 atom stereocenters. The van der Waals surface area contributed by atoms with Crippen LogP contribution in [0.4, 0.5) is 0 Å². The summed E-state index contributed by atoms with van der Waals surface area (Å²) in [6.45, 7) is 3.05. The van der Waals surface area contributed by atoms with E-state index in [0.29, 0.717) is 12.6 Å². The molecule has 0 unspecified atom stereocenters. The third kappa shape index (κ3) is 4.77. The number of ether oxygens (including phenoxy) is 2. The van der Waals surface area contributed by atoms with E-state index in [0.717, 1.165) is 24.8 Å². The Morgan fingerprint density at radius 1 is 1.33 bits per heavy atom. The third-order valence-corrected chi connectivity index (χ3v) is 2.75. The normalized spacial score (nSPS) is 15.1. The summed E-state index contributed by atoms with van der Waals surface area (Å²) in [6, 6.07) is 0.627. The summed E-state index contributed by atoms with van der Waals surface area (Å²) in [5, 5.41) is 4.02. The van der Waals surface area contributed by atoms with E-state index in [-0.39, 0.29) is 0 Å². The topological polar surface area (TPSA) is 33.7 Å². The first kappa shape index (κ1) is 12.7. The van der Waals surface area contributed by atoms with Crippen LogP contribution in [0.3, 0.4) is 0 Å². The summed E-state index contributed by atoms with van der Waals surface area (Å²) in [5.41, 5.74) is 0. The molecule has 4 nitrogen and oxygen atoms in total. The summed E-state index contributed by atoms with van der Waals surface area (Å²) < 4.78 is 10.0. The van der Waals surface area contributed by atoms with E-state index in [1.54, 1.807) is 14.2 Å². The number of thiocarbonyl (C=S) groups is 1. The third-order valence-electron chi connectivity index (χ3n) is 2.37. The first-order valence-corrected chi connectivity index (χ1v) is 5.72. The Hall–Kier alpha value is -0.390. The second-order valence-corrected chi connectivity index (χ2v) is 4.03. The van der Waals surface area contributed by atoms with Crippen LogP contribution < -0.4 is 5.32 Å². The largest absolute Gasteiger partial charge is 0.383 e. The van der Waals surface area contributed by atoms with Crippen molar-refractivity contribution in [2.45, 2.75) is 18.9 Å². The van der Waals surface area contributed by atoms with Crippen molar-refractivity contribution in [3.63, 3.8) is 0 Å². The molecule has 0 bridgehead atoms. The Kier molecular flexibility index (Phi) is 5.90. The van der Waals surface area contributed by atoms with E-state index in [1.807, 2.05) is 0 Å². The van der Waals surface area contributed by atoms with Crippen molar-refractivity contribution in [1.29, 1.82) is 0 Å². The molecule has 0 amide bonds. The lowest BCUT2D eigenvalue weighted by molar-refractivity contribution is 0.172. The second-order valence-electron chi connectivity index (χ2n) is 3.64. The van der Waals surface area contributed by atoms with Gasteiger partial charge in [0.1, 0.15) is 0 Å². The number of hydrogen-bond acceptors (Lipinski definition) is 3. The molecule has 0 saturated heterocycles. The summed E-state index contributed by atoms with van der Waals surface area (Å²) in [6.07, 6.45) is 2.49. The van der Waals surface area contributed by atoms with E-state index in [2.05, 4.69) is 10.2 Å². The van der Waals surface area contributed by atoms with Crippen molar-refractivity contribution in [1.82, 2.24) is 10.2 Å². The average molecular weight is 232 g/mol. The van der Waals surface area contributed by atoms with Gasteiger partial charge in [-0.1, -0.05) is 0 Å². The maximum atomic E-state index is 5.32. The lowest BCUT2D eigenvalue weighted by Gasteiger charge is -2.25. The molecule has 15 heavy (non-hydrogen) atoms. The highest BCUT2D eigenvalue weighted by Crippen LogP contribution is 2.26. The fourth-order valence-electron chi connectivity index (χ4n) is 1.39. The zero-order valence-electron chi connectivity index (χ0n) is 9.49. The van der Waals surface area contributed by atoms with Gasteiger partial charge in [0.25, 0.3) is 0 Å². The van der Waals surface area contributed by atoms with Crippen LogP contribution in [-0.4, -0.2) is 56.6 Å². The molecule has 0 aromatic rings. The highest BCUT2D eigenvalue weighted by atomic mass is 32.1. The predicted octanol–water partition coefficient (Wildman–Crippen LogP) is 0.618. The Morgan fingerprint density at radius 3 is 2.53 bits per heavy atom. The Balaban J connectivity index is 2.24. The molecule has 1 aliphatic carbocycles. The number of nitrogens with one attached hydrogen (secondary N) is 1. The molecule has 5 heteroatoms. The molecule has 1 rings (SSSR count). The standard InChI is InChI=1S/C10H20N2O2S/c1-13-7-5-11-10(15)12(6-8-14-2)9-3-4-9/h9H,3-8H2,1-2H3,(H,11,15). The molecule has 88 valence electrons. The summed E-state index contributed by atoms with van der Waals surface area (Å²) in [7, 11) is 3.40. The minimum absolute atomic E-state index is 0.627. The fraction of sp³-hybridized carbons (Fsp3) is 0.900. The van der Waals surface area contributed by atoms with E-state index >= 15 is 0 Å². The van der Waals surface area contributed by atoms with Gasteiger partial charge >= 0.3 is 0 Å². The van der Waals surface area contributed by atoms with Crippen LogP contribution in [0.1, 0.15) is 12.8 Å². The molecule has 1 N–H and O–H groups in total. The molecule has 0 radical (unpaired) electrons. The van der Waals surface area contributed by atoms with Gasteiger partial charge in [0, 0.05) is 33.4 Å². The van der Waals surface area contributed by atoms with Crippen molar-refractivity contribution in [3.05, 3.63) is 0 Å². The minimum atomic E-state index is 0.627. The number of hydrogen-bond donors (Lipinski definition) is 1. The van der Waals surface area contributed by atoms with Gasteiger partial charge in [-0.3, -0.25) is 0 Å². The van der Waals surface area contributed by atoms with Crippen molar-refractivity contribution in [2.75, 3.05) is 40.5 Å². The van der Waals surface area contributed by atoms with Crippen LogP contribution in [0.5, 0.6) is 0 Å². The van der Waals surface area contributed by atoms with Gasteiger partial charge in [-0.25, -0.2) is 0 Å². The van der Waals surface area contributed by atoms with Crippen LogP contribution in [0.15, 0.2) is 0 Å². The highest BCUT2D eigenvalue weighted by Gasteiger charge is 2.30. The summed E-state index contributed by atoms with van der Waals surface area (Å²) in [5.74, 6) is 0. The van der Waals surface area contributed by atoms with Gasteiger partial charge in [-0.05, 0) is 25.1 Å². The van der Waals surface area contributed by atoms with E-state index in [1.165, 1.54) is 12.8 Å². The van der Waals surface area contributed by atoms with Crippen LogP contribution in [0, 0.1) is 0 Å². The zero-order valence-corrected chi connectivity index (χ0v) is 10.3. The maximum Gasteiger partial charge on any atom is 0.169 e. The van der Waals surface area contributed by atoms with Gasteiger partial charge in [-0.15, -0.1) is 0 Å². The summed E-state index contributed by atoms with van der Waals surface area (Å²) in [4.78, 5) is 2.22. The molecule has 0 heterocycles. The van der Waals surface area contributed by atoms with Crippen molar-refractivity contribution >= 4 is 17.3 Å². The van der Waals surface area contributed by atoms with Crippen LogP contribution >= 0.6 is 12.2 Å². The van der Waals surface area contributed by atoms with Crippen LogP contribution in [0.2, 0.25) is 0 Å². The molecular weight excluding hydrogens is 212 g/mol. The molecule has 1 aliphatic rings. The lowest BCUT2D eigenvalue weighted by atomic mass is 10.5. The van der Waals surface area contributed by atoms with Crippen molar-refractivity contribution in [2.24, 2.45) is 0 Å². The van der Waals surface area contributed by atoms with Crippen molar-refractivity contribution < 1.29 is 9.47 Å². The smallest absolute Gasteiger partial charge is 0.169 e. The molecular formula is C10H20N2O2S. The van der Waals surface area contributed by atoms with Crippen LogP contribution in [-0.2, 0) is 9.47 Å². The maximum absolute atomic E-state index is 5.32. The van der Waals surface area contributed by atoms with Gasteiger partial charge in [-0.2, -0.15) is 0 Å². The Bertz CT molecular complexity index is 198. The lowest BCUT2D eigenvalue weighted by Crippen LogP contribution is -2.43. The molecule has 0 aliphatic heterocycles. The average Bonchev–Trinajstić information content (AvgIpc) is 3.03. The molecule has 1 saturated carbocycles. The van der Waals surface area contributed by atoms with E-state index in [9.17, 15) is 0 Å². The van der Waals surface area contributed by atoms with Gasteiger partial charge < -0.3 is 19.7 Å². The second kappa shape index (κ2) is 6.98. The molecule has 0 aromatic carbocycles. The monoisotopic (exact) mass is 232 g/mol. The van der Waals surface area contributed by atoms with Gasteiger partial charge in [0.05, 0.1) is 13.2 Å². The number of rotatable bonds is 7. The summed E-state index contributed by atoms with van der Waals surface area (Å²) >= 11 is 5.32. The quantitative estimate of drug-likeness (QED) is 0.514. The fourth-order valence-corrected chi connectivity index (χ4v) is 1.73. The first-order valence-electron chi connectivity index (χ1n) is 5.32. The van der Waals surface area contributed by atoms with E-state index in [4.69, 9.17) is 21.7 Å². The number of methoxy groups -OCH3 is 2. The zero-order chi connectivity index (χ0) is 11.1. The molecule has 1 fully saturated rings. The Morgan fingerprint density at radius 2 is 2.00 bits per heavy atom. The SMILES string of the molecule is COCCNC(=S)N(CCOC)C1CC1. The Labute approximate surface area is 96.9 Å². The van der Waals surface area contributed by atoms with E-state index < -0.39 is 0 Å². The highest BCUT2D eigenvalue weighted by molar-refractivity contribution is 7.80. The molecule has 0 spiro atoms.